The summed E-state index contributed by atoms with van der Waals surface area (Å²) in [6, 6.07) is 3.92. The summed E-state index contributed by atoms with van der Waals surface area (Å²) in [5.74, 6) is 0.370. The minimum atomic E-state index is -1.19. The first kappa shape index (κ1) is 17.8. The summed E-state index contributed by atoms with van der Waals surface area (Å²) in [5, 5.41) is 31.4. The summed E-state index contributed by atoms with van der Waals surface area (Å²) in [6.45, 7) is 1.05. The highest BCUT2D eigenvalue weighted by Gasteiger charge is 2.24. The number of nitrogen functional groups attached to an aromatic ring is 1. The number of rotatable bonds is 7. The van der Waals surface area contributed by atoms with Crippen LogP contribution in [0.2, 0.25) is 0 Å². The Morgan fingerprint density at radius 2 is 2.16 bits per heavy atom. The molecule has 5 N–H and O–H groups in total. The molecule has 0 amide bonds. The van der Waals surface area contributed by atoms with Crippen molar-refractivity contribution in [2.75, 3.05) is 12.3 Å². The van der Waals surface area contributed by atoms with Gasteiger partial charge in [-0.2, -0.15) is 0 Å². The molecule has 0 spiro atoms. The van der Waals surface area contributed by atoms with E-state index in [-0.39, 0.29) is 6.73 Å². The second kappa shape index (κ2) is 7.46. The number of hydrogen-bond acceptors (Lipinski definition) is 8. The largest absolute Gasteiger partial charge is 0.394 e. The first-order valence-electron chi connectivity index (χ1n) is 7.74. The first-order valence-corrected chi connectivity index (χ1v) is 8.62. The molecule has 0 aliphatic heterocycles. The van der Waals surface area contributed by atoms with E-state index in [1.54, 1.807) is 15.9 Å². The van der Waals surface area contributed by atoms with E-state index >= 15 is 0 Å². The molecule has 3 aromatic heterocycles. The maximum absolute atomic E-state index is 9.89. The predicted molar refractivity (Wildman–Crippen MR) is 94.9 cm³/mol. The van der Waals surface area contributed by atoms with E-state index in [2.05, 4.69) is 9.97 Å². The molecule has 8 nitrogen and oxygen atoms in total. The van der Waals surface area contributed by atoms with Crippen LogP contribution < -0.4 is 5.73 Å². The molecule has 3 unspecified atom stereocenters. The highest BCUT2D eigenvalue weighted by atomic mass is 32.1. The molecule has 3 rings (SSSR count). The summed E-state index contributed by atoms with van der Waals surface area (Å²) in [7, 11) is 0. The molecule has 3 atom stereocenters. The van der Waals surface area contributed by atoms with E-state index < -0.39 is 24.9 Å². The molecule has 9 heteroatoms. The Balaban J connectivity index is 1.93. The number of nitrogens with zero attached hydrogens (tertiary/aromatic N) is 3. The van der Waals surface area contributed by atoms with Crippen LogP contribution in [-0.2, 0) is 11.5 Å². The van der Waals surface area contributed by atoms with E-state index in [9.17, 15) is 15.3 Å². The van der Waals surface area contributed by atoms with Crippen molar-refractivity contribution in [3.05, 3.63) is 30.0 Å². The van der Waals surface area contributed by atoms with Crippen LogP contribution >= 0.6 is 11.3 Å². The van der Waals surface area contributed by atoms with E-state index in [0.29, 0.717) is 11.5 Å². The number of aromatic nitrogens is 3. The van der Waals surface area contributed by atoms with Crippen molar-refractivity contribution < 1.29 is 20.1 Å². The van der Waals surface area contributed by atoms with E-state index in [0.717, 1.165) is 15.8 Å². The van der Waals surface area contributed by atoms with Gasteiger partial charge in [0, 0.05) is 16.6 Å². The van der Waals surface area contributed by atoms with Gasteiger partial charge < -0.3 is 30.4 Å². The van der Waals surface area contributed by atoms with Crippen molar-refractivity contribution in [3.8, 4) is 10.4 Å². The third-order valence-corrected chi connectivity index (χ3v) is 4.86. The zero-order valence-electron chi connectivity index (χ0n) is 13.6. The van der Waals surface area contributed by atoms with Gasteiger partial charge in [-0.05, 0) is 18.4 Å². The lowest BCUT2D eigenvalue weighted by Crippen LogP contribution is -2.40. The molecule has 0 saturated carbocycles. The van der Waals surface area contributed by atoms with Crippen molar-refractivity contribution in [1.29, 1.82) is 0 Å². The van der Waals surface area contributed by atoms with Crippen LogP contribution in [0, 0.1) is 0 Å². The van der Waals surface area contributed by atoms with E-state index in [1.165, 1.54) is 13.3 Å². The van der Waals surface area contributed by atoms with Crippen molar-refractivity contribution in [1.82, 2.24) is 14.5 Å². The van der Waals surface area contributed by atoms with E-state index in [1.807, 2.05) is 23.7 Å². The zero-order chi connectivity index (χ0) is 18.0. The molecular weight excluding hydrogens is 344 g/mol. The van der Waals surface area contributed by atoms with Crippen LogP contribution in [0.3, 0.4) is 0 Å². The number of ether oxygens (including phenoxy) is 1. The van der Waals surface area contributed by atoms with Gasteiger partial charge in [0.2, 0.25) is 0 Å². The number of aliphatic hydroxyl groups is 3. The van der Waals surface area contributed by atoms with Gasteiger partial charge in [-0.15, -0.1) is 11.3 Å². The lowest BCUT2D eigenvalue weighted by atomic mass is 10.1. The first-order chi connectivity index (χ1) is 12.0. The second-order valence-corrected chi connectivity index (χ2v) is 6.64. The van der Waals surface area contributed by atoms with Crippen molar-refractivity contribution in [3.63, 3.8) is 0 Å². The molecule has 0 saturated heterocycles. The maximum atomic E-state index is 9.89. The van der Waals surface area contributed by atoms with Gasteiger partial charge in [0.1, 0.15) is 36.7 Å². The third kappa shape index (κ3) is 3.51. The van der Waals surface area contributed by atoms with Crippen molar-refractivity contribution in [2.45, 2.75) is 32.0 Å². The number of thiophene rings is 1. The van der Waals surface area contributed by atoms with Crippen LogP contribution in [0.4, 0.5) is 5.82 Å². The van der Waals surface area contributed by atoms with Crippen LogP contribution in [0.25, 0.3) is 21.5 Å². The molecular formula is C16H20N4O4S. The summed E-state index contributed by atoms with van der Waals surface area (Å²) >= 11 is 1.57. The topological polar surface area (TPSA) is 127 Å². The minimum Gasteiger partial charge on any atom is -0.394 e. The fourth-order valence-corrected chi connectivity index (χ4v) is 3.35. The zero-order valence-corrected chi connectivity index (χ0v) is 14.4. The Morgan fingerprint density at radius 1 is 1.36 bits per heavy atom. The number of fused-ring (bicyclic) bond motifs is 1. The molecule has 134 valence electrons. The second-order valence-electron chi connectivity index (χ2n) is 5.70. The van der Waals surface area contributed by atoms with Crippen molar-refractivity contribution >= 4 is 28.2 Å². The molecule has 0 fully saturated rings. The quantitative estimate of drug-likeness (QED) is 0.489. The van der Waals surface area contributed by atoms with Gasteiger partial charge in [0.15, 0.2) is 0 Å². The highest BCUT2D eigenvalue weighted by Crippen LogP contribution is 2.35. The van der Waals surface area contributed by atoms with Crippen LogP contribution in [0.15, 0.2) is 30.0 Å². The van der Waals surface area contributed by atoms with Gasteiger partial charge in [0.05, 0.1) is 18.1 Å². The monoisotopic (exact) mass is 364 g/mol. The summed E-state index contributed by atoms with van der Waals surface area (Å²) in [6.07, 6.45) is 0.106. The smallest absolute Gasteiger partial charge is 0.148 e. The lowest BCUT2D eigenvalue weighted by molar-refractivity contribution is -0.119. The van der Waals surface area contributed by atoms with Gasteiger partial charge in [0.25, 0.3) is 0 Å². The molecule has 3 heterocycles. The number of hydrogen-bond donors (Lipinski definition) is 4. The van der Waals surface area contributed by atoms with Gasteiger partial charge in [-0.25, -0.2) is 9.97 Å². The Kier molecular flexibility index (Phi) is 5.30. The Labute approximate surface area is 148 Å². The van der Waals surface area contributed by atoms with Gasteiger partial charge in [-0.3, -0.25) is 0 Å². The fraction of sp³-hybridized carbons (Fsp3) is 0.375. The average molecular weight is 364 g/mol. The molecule has 3 aromatic rings. The fourth-order valence-electron chi connectivity index (χ4n) is 2.61. The molecule has 0 aliphatic rings. The standard InChI is InChI=1S/C16H20N4O4S/c1-9(22)14(23)11(6-21)24-8-20-5-10(12-3-2-4-25-12)13-15(17)18-7-19-16(13)20/h2-5,7,9,11,14,21-23H,6,8H2,1H3,(H2,17,18,19). The molecule has 0 aliphatic carbocycles. The molecule has 25 heavy (non-hydrogen) atoms. The number of aliphatic hydroxyl groups excluding tert-OH is 3. The maximum Gasteiger partial charge on any atom is 0.148 e. The number of nitrogens with two attached hydrogens (primary N) is 1. The Bertz CT molecular complexity index is 834. The van der Waals surface area contributed by atoms with E-state index in [4.69, 9.17) is 10.5 Å². The normalized spacial score (nSPS) is 15.4. The van der Waals surface area contributed by atoms with Gasteiger partial charge >= 0.3 is 0 Å². The summed E-state index contributed by atoms with van der Waals surface area (Å²) in [5.41, 5.74) is 7.52. The average Bonchev–Trinajstić information content (AvgIpc) is 3.23. The number of anilines is 1. The summed E-state index contributed by atoms with van der Waals surface area (Å²) < 4.78 is 7.32. The van der Waals surface area contributed by atoms with Crippen LogP contribution in [-0.4, -0.2) is 54.8 Å². The minimum absolute atomic E-state index is 0.0351. The SMILES string of the molecule is CC(O)C(O)C(CO)OCn1cc(-c2cccs2)c2c(N)ncnc21. The van der Waals surface area contributed by atoms with Crippen LogP contribution in [0.1, 0.15) is 6.92 Å². The summed E-state index contributed by atoms with van der Waals surface area (Å²) in [4.78, 5) is 9.36. The molecule has 0 radical (unpaired) electrons. The third-order valence-electron chi connectivity index (χ3n) is 3.95. The lowest BCUT2D eigenvalue weighted by Gasteiger charge is -2.23. The highest BCUT2D eigenvalue weighted by molar-refractivity contribution is 7.13. The van der Waals surface area contributed by atoms with Gasteiger partial charge in [-0.1, -0.05) is 6.07 Å². The molecule has 0 bridgehead atoms. The Hall–Kier alpha value is -2.04. The van der Waals surface area contributed by atoms with Crippen molar-refractivity contribution in [2.24, 2.45) is 0 Å². The van der Waals surface area contributed by atoms with Crippen LogP contribution in [0.5, 0.6) is 0 Å². The Morgan fingerprint density at radius 3 is 2.80 bits per heavy atom. The molecule has 0 aromatic carbocycles. The predicted octanol–water partition coefficient (Wildman–Crippen LogP) is 0.819.